The first-order valence-corrected chi connectivity index (χ1v) is 7.20. The molecule has 0 atom stereocenters. The summed E-state index contributed by atoms with van der Waals surface area (Å²) < 4.78 is 16.7. The van der Waals surface area contributed by atoms with Crippen LogP contribution in [0.25, 0.3) is 11.3 Å². The Balaban J connectivity index is 0.00000169. The maximum Gasteiger partial charge on any atom is 0.299 e. The van der Waals surface area contributed by atoms with Crippen LogP contribution in [0.1, 0.15) is 0 Å². The third kappa shape index (κ3) is 3.09. The zero-order valence-corrected chi connectivity index (χ0v) is 13.4. The SMILES string of the molecule is Cl.Oc1ccccc1-c1cnc(Nc2ccc3c(c2)OCCO3)o1. The molecule has 2 N–H and O–H groups in total. The summed E-state index contributed by atoms with van der Waals surface area (Å²) in [6.45, 7) is 1.09. The van der Waals surface area contributed by atoms with Crippen LogP contribution in [0.5, 0.6) is 17.2 Å². The molecule has 2 heterocycles. The Morgan fingerprint density at radius 3 is 2.62 bits per heavy atom. The lowest BCUT2D eigenvalue weighted by Gasteiger charge is -2.18. The van der Waals surface area contributed by atoms with Gasteiger partial charge in [0, 0.05) is 11.8 Å². The molecule has 6 nitrogen and oxygen atoms in total. The number of hydrogen-bond acceptors (Lipinski definition) is 6. The van der Waals surface area contributed by atoms with E-state index in [0.717, 1.165) is 11.4 Å². The number of anilines is 2. The standard InChI is InChI=1S/C17H14N2O4.ClH/c20-13-4-2-1-3-12(13)16-10-18-17(23-16)19-11-5-6-14-15(9-11)22-8-7-21-14;/h1-6,9-10,20H,7-8H2,(H,18,19);1H. The summed E-state index contributed by atoms with van der Waals surface area (Å²) in [6, 6.07) is 12.8. The molecule has 0 fully saturated rings. The predicted molar refractivity (Wildman–Crippen MR) is 91.6 cm³/mol. The van der Waals surface area contributed by atoms with E-state index in [1.165, 1.54) is 0 Å². The Hall–Kier alpha value is -2.86. The van der Waals surface area contributed by atoms with Crippen LogP contribution in [0, 0.1) is 0 Å². The van der Waals surface area contributed by atoms with Gasteiger partial charge in [0.25, 0.3) is 6.01 Å². The van der Waals surface area contributed by atoms with Crippen molar-refractivity contribution >= 4 is 24.1 Å². The summed E-state index contributed by atoms with van der Waals surface area (Å²) in [5.74, 6) is 2.05. The first-order valence-electron chi connectivity index (χ1n) is 7.20. The van der Waals surface area contributed by atoms with E-state index in [1.54, 1.807) is 24.4 Å². The second-order valence-corrected chi connectivity index (χ2v) is 5.03. The minimum Gasteiger partial charge on any atom is -0.507 e. The highest BCUT2D eigenvalue weighted by atomic mass is 35.5. The molecule has 0 saturated carbocycles. The summed E-state index contributed by atoms with van der Waals surface area (Å²) in [6.07, 6.45) is 1.56. The van der Waals surface area contributed by atoms with Crippen LogP contribution in [0.4, 0.5) is 11.7 Å². The molecule has 124 valence electrons. The third-order valence-corrected chi connectivity index (χ3v) is 3.47. The number of hydrogen-bond donors (Lipinski definition) is 2. The van der Waals surface area contributed by atoms with E-state index >= 15 is 0 Å². The van der Waals surface area contributed by atoms with Crippen molar-refractivity contribution in [2.75, 3.05) is 18.5 Å². The maximum atomic E-state index is 9.86. The van der Waals surface area contributed by atoms with Crippen molar-refractivity contribution in [2.24, 2.45) is 0 Å². The molecule has 24 heavy (non-hydrogen) atoms. The highest BCUT2D eigenvalue weighted by Crippen LogP contribution is 2.35. The Bertz CT molecular complexity index is 850. The van der Waals surface area contributed by atoms with E-state index < -0.39 is 0 Å². The smallest absolute Gasteiger partial charge is 0.299 e. The Kier molecular flexibility index (Phi) is 4.48. The van der Waals surface area contributed by atoms with Gasteiger partial charge in [0.2, 0.25) is 0 Å². The van der Waals surface area contributed by atoms with Crippen molar-refractivity contribution in [2.45, 2.75) is 0 Å². The number of rotatable bonds is 3. The maximum absolute atomic E-state index is 9.86. The fourth-order valence-electron chi connectivity index (χ4n) is 2.38. The quantitative estimate of drug-likeness (QED) is 0.747. The van der Waals surface area contributed by atoms with E-state index in [2.05, 4.69) is 10.3 Å². The molecular formula is C17H15ClN2O4. The van der Waals surface area contributed by atoms with E-state index in [0.29, 0.717) is 36.3 Å². The van der Waals surface area contributed by atoms with Crippen molar-refractivity contribution in [3.63, 3.8) is 0 Å². The molecule has 0 saturated heterocycles. The van der Waals surface area contributed by atoms with E-state index in [4.69, 9.17) is 13.9 Å². The van der Waals surface area contributed by atoms with Gasteiger partial charge >= 0.3 is 0 Å². The lowest BCUT2D eigenvalue weighted by molar-refractivity contribution is 0.171. The molecule has 3 aromatic rings. The molecule has 7 heteroatoms. The highest BCUT2D eigenvalue weighted by Gasteiger charge is 2.14. The van der Waals surface area contributed by atoms with Crippen LogP contribution in [0.3, 0.4) is 0 Å². The largest absolute Gasteiger partial charge is 0.507 e. The van der Waals surface area contributed by atoms with Gasteiger partial charge in [-0.15, -0.1) is 12.4 Å². The molecule has 1 aliphatic heterocycles. The molecule has 0 spiro atoms. The molecule has 0 radical (unpaired) electrons. The van der Waals surface area contributed by atoms with Gasteiger partial charge in [-0.3, -0.25) is 0 Å². The lowest BCUT2D eigenvalue weighted by atomic mass is 10.2. The highest BCUT2D eigenvalue weighted by molar-refractivity contribution is 5.85. The minimum absolute atomic E-state index is 0. The first-order chi connectivity index (χ1) is 11.3. The minimum atomic E-state index is 0. The number of oxazole rings is 1. The first kappa shape index (κ1) is 16.0. The van der Waals surface area contributed by atoms with Crippen LogP contribution in [0.15, 0.2) is 53.1 Å². The summed E-state index contributed by atoms with van der Waals surface area (Å²) in [5, 5.41) is 12.9. The predicted octanol–water partition coefficient (Wildman–Crippen LogP) is 3.98. The number of halogens is 1. The fourth-order valence-corrected chi connectivity index (χ4v) is 2.38. The molecule has 1 aliphatic rings. The average molecular weight is 347 g/mol. The van der Waals surface area contributed by atoms with Gasteiger partial charge in [0.05, 0.1) is 11.8 Å². The van der Waals surface area contributed by atoms with Crippen molar-refractivity contribution in [3.05, 3.63) is 48.7 Å². The number of nitrogens with one attached hydrogen (secondary N) is 1. The zero-order chi connectivity index (χ0) is 15.6. The summed E-state index contributed by atoms with van der Waals surface area (Å²) >= 11 is 0. The molecule has 0 unspecified atom stereocenters. The van der Waals surface area contributed by atoms with Gasteiger partial charge in [0.1, 0.15) is 19.0 Å². The Morgan fingerprint density at radius 2 is 1.79 bits per heavy atom. The van der Waals surface area contributed by atoms with Crippen molar-refractivity contribution in [1.82, 2.24) is 4.98 Å². The zero-order valence-electron chi connectivity index (χ0n) is 12.6. The molecular weight excluding hydrogens is 332 g/mol. The Labute approximate surface area is 144 Å². The molecule has 0 bridgehead atoms. The van der Waals surface area contributed by atoms with Crippen molar-refractivity contribution in [3.8, 4) is 28.6 Å². The number of phenolic OH excluding ortho intramolecular Hbond substituents is 1. The van der Waals surface area contributed by atoms with E-state index in [-0.39, 0.29) is 18.2 Å². The van der Waals surface area contributed by atoms with Gasteiger partial charge in [-0.1, -0.05) is 12.1 Å². The van der Waals surface area contributed by atoms with Crippen LogP contribution in [-0.4, -0.2) is 23.3 Å². The lowest BCUT2D eigenvalue weighted by Crippen LogP contribution is -2.15. The molecule has 0 aliphatic carbocycles. The second-order valence-electron chi connectivity index (χ2n) is 5.03. The molecule has 0 amide bonds. The van der Waals surface area contributed by atoms with E-state index in [9.17, 15) is 5.11 Å². The van der Waals surface area contributed by atoms with Crippen molar-refractivity contribution < 1.29 is 19.0 Å². The van der Waals surface area contributed by atoms with Crippen LogP contribution in [0.2, 0.25) is 0 Å². The average Bonchev–Trinajstić information content (AvgIpc) is 3.03. The topological polar surface area (TPSA) is 76.8 Å². The number of aromatic hydroxyl groups is 1. The normalized spacial score (nSPS) is 12.3. The Morgan fingerprint density at radius 1 is 1.00 bits per heavy atom. The molecule has 1 aromatic heterocycles. The van der Waals surface area contributed by atoms with Gasteiger partial charge in [0.15, 0.2) is 17.3 Å². The number of benzene rings is 2. The number of nitrogens with zero attached hydrogens (tertiary/aromatic N) is 1. The van der Waals surface area contributed by atoms with Gasteiger partial charge in [-0.25, -0.2) is 4.98 Å². The van der Waals surface area contributed by atoms with Crippen LogP contribution >= 0.6 is 12.4 Å². The second kappa shape index (κ2) is 6.72. The number of aromatic nitrogens is 1. The van der Waals surface area contributed by atoms with Crippen molar-refractivity contribution in [1.29, 1.82) is 0 Å². The van der Waals surface area contributed by atoms with Gasteiger partial charge in [-0.05, 0) is 24.3 Å². The number of ether oxygens (including phenoxy) is 2. The van der Waals surface area contributed by atoms with E-state index in [1.807, 2.05) is 24.3 Å². The van der Waals surface area contributed by atoms with Gasteiger partial charge in [-0.2, -0.15) is 0 Å². The summed E-state index contributed by atoms with van der Waals surface area (Å²) in [7, 11) is 0. The fraction of sp³-hybridized carbons (Fsp3) is 0.118. The summed E-state index contributed by atoms with van der Waals surface area (Å²) in [4.78, 5) is 4.18. The van der Waals surface area contributed by atoms with Crippen LogP contribution < -0.4 is 14.8 Å². The third-order valence-electron chi connectivity index (χ3n) is 3.47. The number of fused-ring (bicyclic) bond motifs is 1. The number of phenols is 1. The molecule has 2 aromatic carbocycles. The molecule has 4 rings (SSSR count). The number of para-hydroxylation sites is 1. The van der Waals surface area contributed by atoms with Gasteiger partial charge < -0.3 is 24.3 Å². The summed E-state index contributed by atoms with van der Waals surface area (Å²) in [5.41, 5.74) is 1.37. The van der Waals surface area contributed by atoms with Crippen LogP contribution in [-0.2, 0) is 0 Å². The monoisotopic (exact) mass is 346 g/mol.